The third-order valence-corrected chi connectivity index (χ3v) is 6.53. The molecule has 1 fully saturated rings. The first kappa shape index (κ1) is 26.1. The van der Waals surface area contributed by atoms with Gasteiger partial charge in [0.25, 0.3) is 0 Å². The minimum Gasteiger partial charge on any atom is -0.428 e. The Kier molecular flexibility index (Phi) is 9.86. The number of aryl methyl sites for hydroxylation is 1. The molecule has 1 nitrogen and oxygen atoms in total. The van der Waals surface area contributed by atoms with E-state index in [0.29, 0.717) is 17.4 Å². The molecule has 0 heterocycles. The van der Waals surface area contributed by atoms with E-state index in [2.05, 4.69) is 47.8 Å². The Morgan fingerprint density at radius 3 is 2.15 bits per heavy atom. The van der Waals surface area contributed by atoms with Crippen LogP contribution in [0.3, 0.4) is 0 Å². The first-order valence-corrected chi connectivity index (χ1v) is 12.4. The summed E-state index contributed by atoms with van der Waals surface area (Å²) in [6.45, 7) is 2.24. The van der Waals surface area contributed by atoms with E-state index in [9.17, 15) is 17.6 Å². The van der Waals surface area contributed by atoms with Gasteiger partial charge in [0.05, 0.1) is 0 Å². The van der Waals surface area contributed by atoms with Crippen molar-refractivity contribution in [1.29, 1.82) is 0 Å². The molecule has 5 heteroatoms. The SMILES string of the molecule is CCCCCCCc1ccc(C2CCC(C#Cc3ccc(OC(F)(F)C(F)F)cc3)CC2)cc1. The molecule has 2 aromatic rings. The Morgan fingerprint density at radius 2 is 1.53 bits per heavy atom. The summed E-state index contributed by atoms with van der Waals surface area (Å²) < 4.78 is 54.5. The number of hydrogen-bond donors (Lipinski definition) is 0. The van der Waals surface area contributed by atoms with Gasteiger partial charge in [-0.1, -0.05) is 68.7 Å². The third-order valence-electron chi connectivity index (χ3n) is 6.53. The van der Waals surface area contributed by atoms with Crippen molar-refractivity contribution >= 4 is 0 Å². The molecule has 0 aliphatic heterocycles. The molecule has 3 rings (SSSR count). The highest BCUT2D eigenvalue weighted by molar-refractivity contribution is 5.39. The Morgan fingerprint density at radius 1 is 0.882 bits per heavy atom. The van der Waals surface area contributed by atoms with Gasteiger partial charge < -0.3 is 4.74 Å². The number of alkyl halides is 4. The molecular weight excluding hydrogens is 440 g/mol. The first-order valence-electron chi connectivity index (χ1n) is 12.4. The summed E-state index contributed by atoms with van der Waals surface area (Å²) in [5.41, 5.74) is 3.49. The van der Waals surface area contributed by atoms with Crippen LogP contribution in [0, 0.1) is 17.8 Å². The number of unbranched alkanes of at least 4 members (excludes halogenated alkanes) is 4. The highest BCUT2D eigenvalue weighted by atomic mass is 19.3. The Bertz CT molecular complexity index is 917. The van der Waals surface area contributed by atoms with Gasteiger partial charge in [-0.05, 0) is 79.8 Å². The highest BCUT2D eigenvalue weighted by Gasteiger charge is 2.43. The quantitative estimate of drug-likeness (QED) is 0.190. The monoisotopic (exact) mass is 474 g/mol. The molecule has 184 valence electrons. The number of ether oxygens (including phenoxy) is 1. The van der Waals surface area contributed by atoms with Crippen LogP contribution >= 0.6 is 0 Å². The summed E-state index contributed by atoms with van der Waals surface area (Å²) in [6, 6.07) is 14.7. The van der Waals surface area contributed by atoms with Crippen molar-refractivity contribution in [3.05, 3.63) is 65.2 Å². The van der Waals surface area contributed by atoms with Gasteiger partial charge in [-0.3, -0.25) is 0 Å². The van der Waals surface area contributed by atoms with Crippen LogP contribution in [-0.4, -0.2) is 12.5 Å². The molecule has 0 atom stereocenters. The molecule has 0 amide bonds. The van der Waals surface area contributed by atoms with Gasteiger partial charge in [-0.15, -0.1) is 0 Å². The van der Waals surface area contributed by atoms with Gasteiger partial charge in [-0.25, -0.2) is 0 Å². The topological polar surface area (TPSA) is 9.23 Å². The van der Waals surface area contributed by atoms with Crippen molar-refractivity contribution in [2.24, 2.45) is 5.92 Å². The van der Waals surface area contributed by atoms with Gasteiger partial charge in [-0.2, -0.15) is 17.6 Å². The molecule has 2 aromatic carbocycles. The Labute approximate surface area is 200 Å². The standard InChI is InChI=1S/C29H34F4O/c1-2-3-4-5-6-7-22-10-16-25(17-11-22)26-18-12-23(13-19-26)8-9-24-14-20-27(21-15-24)34-29(32,33)28(30)31/h10-11,14-17,20-21,23,26,28H,2-7,12-13,18-19H2,1H3. The molecule has 0 N–H and O–H groups in total. The van der Waals surface area contributed by atoms with Gasteiger partial charge in [0.1, 0.15) is 5.75 Å². The van der Waals surface area contributed by atoms with E-state index < -0.39 is 12.5 Å². The van der Waals surface area contributed by atoms with Crippen LogP contribution < -0.4 is 4.74 Å². The van der Waals surface area contributed by atoms with E-state index in [0.717, 1.165) is 32.1 Å². The highest BCUT2D eigenvalue weighted by Crippen LogP contribution is 2.35. The summed E-state index contributed by atoms with van der Waals surface area (Å²) in [5, 5.41) is 0. The molecule has 0 aromatic heterocycles. The van der Waals surface area contributed by atoms with E-state index in [1.54, 1.807) is 0 Å². The summed E-state index contributed by atoms with van der Waals surface area (Å²) in [6.07, 6.45) is 3.57. The largest absolute Gasteiger partial charge is 0.461 e. The average Bonchev–Trinajstić information content (AvgIpc) is 2.84. The molecule has 1 aliphatic rings. The molecule has 1 aliphatic carbocycles. The zero-order valence-corrected chi connectivity index (χ0v) is 19.8. The summed E-state index contributed by atoms with van der Waals surface area (Å²) in [7, 11) is 0. The molecule has 1 saturated carbocycles. The lowest BCUT2D eigenvalue weighted by molar-refractivity contribution is -0.253. The molecule has 0 saturated heterocycles. The molecule has 0 bridgehead atoms. The van der Waals surface area contributed by atoms with Crippen molar-refractivity contribution in [2.75, 3.05) is 0 Å². The second-order valence-electron chi connectivity index (χ2n) is 9.21. The maximum Gasteiger partial charge on any atom is 0.461 e. The number of hydrogen-bond acceptors (Lipinski definition) is 1. The van der Waals surface area contributed by atoms with Crippen LogP contribution in [0.15, 0.2) is 48.5 Å². The molecular formula is C29H34F4O. The van der Waals surface area contributed by atoms with Crippen molar-refractivity contribution in [3.63, 3.8) is 0 Å². The fraction of sp³-hybridized carbons (Fsp3) is 0.517. The lowest BCUT2D eigenvalue weighted by Crippen LogP contribution is -2.33. The summed E-state index contributed by atoms with van der Waals surface area (Å²) in [4.78, 5) is 0. The van der Waals surface area contributed by atoms with Crippen molar-refractivity contribution in [3.8, 4) is 17.6 Å². The van der Waals surface area contributed by atoms with E-state index in [1.807, 2.05) is 0 Å². The maximum absolute atomic E-state index is 13.0. The predicted octanol–water partition coefficient (Wildman–Crippen LogP) is 8.76. The normalized spacial score (nSPS) is 18.4. The van der Waals surface area contributed by atoms with E-state index in [4.69, 9.17) is 0 Å². The number of rotatable bonds is 10. The Hall–Kier alpha value is -2.48. The van der Waals surface area contributed by atoms with Crippen molar-refractivity contribution in [1.82, 2.24) is 0 Å². The van der Waals surface area contributed by atoms with Crippen molar-refractivity contribution < 1.29 is 22.3 Å². The fourth-order valence-electron chi connectivity index (χ4n) is 4.45. The van der Waals surface area contributed by atoms with E-state index in [-0.39, 0.29) is 5.75 Å². The maximum atomic E-state index is 13.0. The predicted molar refractivity (Wildman–Crippen MR) is 129 cm³/mol. The lowest BCUT2D eigenvalue weighted by atomic mass is 9.78. The van der Waals surface area contributed by atoms with E-state index in [1.165, 1.54) is 67.5 Å². The fourth-order valence-corrected chi connectivity index (χ4v) is 4.45. The van der Waals surface area contributed by atoms with Crippen LogP contribution in [0.5, 0.6) is 5.75 Å². The third kappa shape index (κ3) is 8.08. The molecule has 0 radical (unpaired) electrons. The second-order valence-corrected chi connectivity index (χ2v) is 9.21. The van der Waals surface area contributed by atoms with Gasteiger partial charge in [0.15, 0.2) is 0 Å². The van der Waals surface area contributed by atoms with E-state index >= 15 is 0 Å². The number of benzene rings is 2. The van der Waals surface area contributed by atoms with Gasteiger partial charge >= 0.3 is 12.5 Å². The average molecular weight is 475 g/mol. The van der Waals surface area contributed by atoms with Gasteiger partial charge in [0.2, 0.25) is 0 Å². The van der Waals surface area contributed by atoms with Crippen LogP contribution in [-0.2, 0) is 6.42 Å². The van der Waals surface area contributed by atoms with Crippen LogP contribution in [0.1, 0.15) is 87.3 Å². The minimum atomic E-state index is -4.50. The zero-order valence-electron chi connectivity index (χ0n) is 19.8. The van der Waals surface area contributed by atoms with Gasteiger partial charge in [0, 0.05) is 11.5 Å². The smallest absolute Gasteiger partial charge is 0.428 e. The molecule has 34 heavy (non-hydrogen) atoms. The second kappa shape index (κ2) is 12.8. The summed E-state index contributed by atoms with van der Waals surface area (Å²) in [5.74, 6) is 6.93. The van der Waals surface area contributed by atoms with Crippen LogP contribution in [0.2, 0.25) is 0 Å². The van der Waals surface area contributed by atoms with Crippen molar-refractivity contribution in [2.45, 2.75) is 89.6 Å². The number of halogens is 4. The minimum absolute atomic E-state index is 0.303. The van der Waals surface area contributed by atoms with Crippen LogP contribution in [0.4, 0.5) is 17.6 Å². The molecule has 0 unspecified atom stereocenters. The molecule has 0 spiro atoms. The zero-order chi connectivity index (χ0) is 24.4. The Balaban J connectivity index is 1.44. The van der Waals surface area contributed by atoms with Crippen LogP contribution in [0.25, 0.3) is 0 Å². The summed E-state index contributed by atoms with van der Waals surface area (Å²) >= 11 is 0. The first-order chi connectivity index (χ1) is 16.4. The lowest BCUT2D eigenvalue weighted by Gasteiger charge is -2.26.